The summed E-state index contributed by atoms with van der Waals surface area (Å²) in [5, 5.41) is 0. The summed E-state index contributed by atoms with van der Waals surface area (Å²) in [6.45, 7) is 9.54. The molecule has 0 aromatic heterocycles. The van der Waals surface area contributed by atoms with E-state index in [1.54, 1.807) is 0 Å². The van der Waals surface area contributed by atoms with Crippen molar-refractivity contribution in [1.82, 2.24) is 0 Å². The number of carbonyl (C=O) groups excluding carboxylic acids is 1. The molecule has 1 aromatic carbocycles. The van der Waals surface area contributed by atoms with Crippen LogP contribution in [0.25, 0.3) is 0 Å². The molecule has 0 saturated heterocycles. The van der Waals surface area contributed by atoms with Crippen LogP contribution in [-0.4, -0.2) is 43.6 Å². The number of quaternary nitrogens is 1. The van der Waals surface area contributed by atoms with Crippen LogP contribution < -0.4 is 28.9 Å². The predicted molar refractivity (Wildman–Crippen MR) is 76.6 cm³/mol. The van der Waals surface area contributed by atoms with Crippen LogP contribution in [0.5, 0.6) is 0 Å². The zero-order valence-electron chi connectivity index (χ0n) is 12.4. The van der Waals surface area contributed by atoms with Crippen molar-refractivity contribution in [3.63, 3.8) is 0 Å². The van der Waals surface area contributed by atoms with Crippen molar-refractivity contribution in [2.24, 2.45) is 0 Å². The van der Waals surface area contributed by atoms with Crippen molar-refractivity contribution in [2.45, 2.75) is 20.8 Å². The summed E-state index contributed by atoms with van der Waals surface area (Å²) in [5.41, 5.74) is 0.990. The summed E-state index contributed by atoms with van der Waals surface area (Å²) in [4.78, 5) is 14.3. The van der Waals surface area contributed by atoms with Gasteiger partial charge in [0.15, 0.2) is 6.54 Å². The molecule has 0 fully saturated rings. The van der Waals surface area contributed by atoms with E-state index in [-0.39, 0.29) is 29.9 Å². The molecule has 4 heteroatoms. The fourth-order valence-corrected chi connectivity index (χ4v) is 1.97. The van der Waals surface area contributed by atoms with Crippen molar-refractivity contribution in [1.29, 1.82) is 0 Å². The number of carbonyl (C=O) groups is 1. The van der Waals surface area contributed by atoms with Crippen molar-refractivity contribution in [3.05, 3.63) is 30.3 Å². The molecular formula is C15H25IN2O. The lowest BCUT2D eigenvalue weighted by atomic mass is 10.2. The van der Waals surface area contributed by atoms with E-state index in [1.165, 1.54) is 0 Å². The normalized spacial score (nSPS) is 10.7. The number of benzene rings is 1. The first-order valence-corrected chi connectivity index (χ1v) is 6.75. The molecule has 0 radical (unpaired) electrons. The molecular weight excluding hydrogens is 351 g/mol. The molecule has 1 rings (SSSR count). The van der Waals surface area contributed by atoms with E-state index >= 15 is 0 Å². The van der Waals surface area contributed by atoms with Gasteiger partial charge in [-0.1, -0.05) is 18.2 Å². The van der Waals surface area contributed by atoms with Gasteiger partial charge in [0.2, 0.25) is 0 Å². The van der Waals surface area contributed by atoms with Gasteiger partial charge in [0.05, 0.1) is 20.1 Å². The second-order valence-corrected chi connectivity index (χ2v) is 4.88. The molecule has 0 bridgehead atoms. The minimum absolute atomic E-state index is 0. The average Bonchev–Trinajstić information content (AvgIpc) is 2.40. The molecule has 0 heterocycles. The minimum atomic E-state index is 0. The van der Waals surface area contributed by atoms with Crippen molar-refractivity contribution in [2.75, 3.05) is 38.1 Å². The number of para-hydroxylation sites is 1. The lowest BCUT2D eigenvalue weighted by molar-refractivity contribution is -0.898. The van der Waals surface area contributed by atoms with E-state index in [9.17, 15) is 4.79 Å². The quantitative estimate of drug-likeness (QED) is 0.486. The number of halogens is 1. The molecule has 0 aliphatic rings. The Hall–Kier alpha value is -0.620. The number of nitrogens with zero attached hydrogens (tertiary/aromatic N) is 2. The van der Waals surface area contributed by atoms with Gasteiger partial charge in [-0.2, -0.15) is 0 Å². The van der Waals surface area contributed by atoms with E-state index in [1.807, 2.05) is 42.2 Å². The van der Waals surface area contributed by atoms with Gasteiger partial charge in [0.1, 0.15) is 0 Å². The van der Waals surface area contributed by atoms with Crippen LogP contribution in [0.1, 0.15) is 20.8 Å². The third-order valence-corrected chi connectivity index (χ3v) is 3.73. The maximum absolute atomic E-state index is 12.4. The first-order chi connectivity index (χ1) is 8.56. The first kappa shape index (κ1) is 18.4. The van der Waals surface area contributed by atoms with Gasteiger partial charge in [-0.25, -0.2) is 0 Å². The topological polar surface area (TPSA) is 20.3 Å². The molecule has 0 aliphatic carbocycles. The second-order valence-electron chi connectivity index (χ2n) is 4.88. The monoisotopic (exact) mass is 376 g/mol. The molecule has 19 heavy (non-hydrogen) atoms. The van der Waals surface area contributed by atoms with Gasteiger partial charge in [0.25, 0.3) is 5.91 Å². The Morgan fingerprint density at radius 1 is 1.11 bits per heavy atom. The SMILES string of the molecule is CCN(C(=O)C[N+](C)(CC)CC)c1ccccc1.[I-]. The standard InChI is InChI=1S/C15H25N2O.HI/c1-5-16(14-11-9-8-10-12-14)15(18)13-17(4,6-2)7-3;/h8-12H,5-7,13H2,1-4H3;1H/q+1;/p-1. The molecule has 0 spiro atoms. The van der Waals surface area contributed by atoms with E-state index in [2.05, 4.69) is 20.9 Å². The number of anilines is 1. The van der Waals surface area contributed by atoms with E-state index in [0.29, 0.717) is 6.54 Å². The Morgan fingerprint density at radius 2 is 1.63 bits per heavy atom. The highest BCUT2D eigenvalue weighted by molar-refractivity contribution is 5.94. The number of hydrogen-bond donors (Lipinski definition) is 0. The van der Waals surface area contributed by atoms with Crippen LogP contribution >= 0.6 is 0 Å². The predicted octanol–water partition coefficient (Wildman–Crippen LogP) is -0.470. The second kappa shape index (κ2) is 8.53. The highest BCUT2D eigenvalue weighted by Crippen LogP contribution is 2.14. The van der Waals surface area contributed by atoms with Crippen molar-refractivity contribution >= 4 is 11.6 Å². The molecule has 1 amide bonds. The Morgan fingerprint density at radius 3 is 2.05 bits per heavy atom. The molecule has 1 aromatic rings. The summed E-state index contributed by atoms with van der Waals surface area (Å²) in [5.74, 6) is 0.204. The van der Waals surface area contributed by atoms with Gasteiger partial charge >= 0.3 is 0 Å². The largest absolute Gasteiger partial charge is 1.00 e. The van der Waals surface area contributed by atoms with Crippen LogP contribution in [-0.2, 0) is 4.79 Å². The molecule has 0 atom stereocenters. The lowest BCUT2D eigenvalue weighted by Crippen LogP contribution is -3.00. The van der Waals surface area contributed by atoms with Crippen molar-refractivity contribution in [3.8, 4) is 0 Å². The van der Waals surface area contributed by atoms with Gasteiger partial charge in [0, 0.05) is 12.2 Å². The fourth-order valence-electron chi connectivity index (χ4n) is 1.97. The summed E-state index contributed by atoms with van der Waals surface area (Å²) in [6, 6.07) is 9.89. The summed E-state index contributed by atoms with van der Waals surface area (Å²) < 4.78 is 0.794. The Kier molecular flexibility index (Phi) is 8.25. The fraction of sp³-hybridized carbons (Fsp3) is 0.533. The van der Waals surface area contributed by atoms with E-state index < -0.39 is 0 Å². The first-order valence-electron chi connectivity index (χ1n) is 6.75. The van der Waals surface area contributed by atoms with Crippen LogP contribution in [0, 0.1) is 0 Å². The Bertz CT molecular complexity index is 377. The summed E-state index contributed by atoms with van der Waals surface area (Å²) in [7, 11) is 2.14. The Labute approximate surface area is 134 Å². The molecule has 0 aliphatic heterocycles. The number of amides is 1. The van der Waals surface area contributed by atoms with Crippen LogP contribution in [0.3, 0.4) is 0 Å². The Balaban J connectivity index is 0.00000324. The summed E-state index contributed by atoms with van der Waals surface area (Å²) >= 11 is 0. The molecule has 0 N–H and O–H groups in total. The molecule has 0 unspecified atom stereocenters. The number of hydrogen-bond acceptors (Lipinski definition) is 1. The number of likely N-dealkylation sites (N-methyl/N-ethyl adjacent to an activating group) is 2. The molecule has 0 saturated carbocycles. The third-order valence-electron chi connectivity index (χ3n) is 3.73. The average molecular weight is 376 g/mol. The van der Waals surface area contributed by atoms with Crippen LogP contribution in [0.4, 0.5) is 5.69 Å². The van der Waals surface area contributed by atoms with Crippen molar-refractivity contribution < 1.29 is 33.3 Å². The molecule has 108 valence electrons. The van der Waals surface area contributed by atoms with Gasteiger partial charge in [-0.15, -0.1) is 0 Å². The van der Waals surface area contributed by atoms with E-state index in [4.69, 9.17) is 0 Å². The minimum Gasteiger partial charge on any atom is -1.00 e. The maximum Gasteiger partial charge on any atom is 0.282 e. The van der Waals surface area contributed by atoms with Crippen LogP contribution in [0.2, 0.25) is 0 Å². The summed E-state index contributed by atoms with van der Waals surface area (Å²) in [6.07, 6.45) is 0. The maximum atomic E-state index is 12.4. The smallest absolute Gasteiger partial charge is 0.282 e. The van der Waals surface area contributed by atoms with Gasteiger partial charge in [-0.05, 0) is 32.9 Å². The zero-order chi connectivity index (χ0) is 13.6. The lowest BCUT2D eigenvalue weighted by Gasteiger charge is -2.33. The van der Waals surface area contributed by atoms with Gasteiger partial charge < -0.3 is 33.4 Å². The van der Waals surface area contributed by atoms with E-state index in [0.717, 1.165) is 29.8 Å². The highest BCUT2D eigenvalue weighted by Gasteiger charge is 2.25. The highest BCUT2D eigenvalue weighted by atomic mass is 127. The third kappa shape index (κ3) is 5.10. The van der Waals surface area contributed by atoms with Crippen LogP contribution in [0.15, 0.2) is 30.3 Å². The van der Waals surface area contributed by atoms with Gasteiger partial charge in [-0.3, -0.25) is 4.79 Å². The molecule has 3 nitrogen and oxygen atoms in total. The zero-order valence-corrected chi connectivity index (χ0v) is 14.6. The number of rotatable bonds is 6.